The minimum Gasteiger partial charge on any atom is -0.475 e. The van der Waals surface area contributed by atoms with Gasteiger partial charge in [0.1, 0.15) is 5.82 Å². The van der Waals surface area contributed by atoms with Gasteiger partial charge in [0.25, 0.3) is 0 Å². The number of aryl methyl sites for hydroxylation is 1. The largest absolute Gasteiger partial charge is 0.490 e. The first kappa shape index (κ1) is 33.1. The number of alkyl halides is 6. The van der Waals surface area contributed by atoms with E-state index in [9.17, 15) is 26.3 Å². The number of halogens is 6. The standard InChI is InChI=1S/C21H28N6S.2C2HF3O2/c1-3-26-10-11-27-19(17-13-23-24(2)15-17)14-22-20(27)21(26)6-8-25(9-7-21)16-18-5-4-12-28-18;2*3-2(4,5)1(6)7/h4-5,12-15H,3,6-11,16H2,1-2H3;2*(H,6,7). The van der Waals surface area contributed by atoms with Crippen LogP contribution in [0.25, 0.3) is 11.3 Å². The molecule has 42 heavy (non-hydrogen) atoms. The van der Waals surface area contributed by atoms with E-state index in [0.29, 0.717) is 0 Å². The van der Waals surface area contributed by atoms with Crippen LogP contribution in [0.5, 0.6) is 0 Å². The van der Waals surface area contributed by atoms with Crippen molar-refractivity contribution in [1.29, 1.82) is 0 Å². The second kappa shape index (κ2) is 13.2. The first-order chi connectivity index (χ1) is 19.6. The SMILES string of the molecule is CCN1CCn2c(-c3cnn(C)c3)cnc2C12CCN(Cc1cccs1)CC2.O=C(O)C(F)(F)F.O=C(O)C(F)(F)F. The Bertz CT molecular complexity index is 1310. The third-order valence-corrected chi connectivity index (χ3v) is 7.84. The second-order valence-electron chi connectivity index (χ2n) is 9.59. The molecule has 2 aliphatic heterocycles. The Morgan fingerprint density at radius 2 is 1.60 bits per heavy atom. The van der Waals surface area contributed by atoms with E-state index in [-0.39, 0.29) is 5.54 Å². The summed E-state index contributed by atoms with van der Waals surface area (Å²) in [5, 5.41) is 20.8. The summed E-state index contributed by atoms with van der Waals surface area (Å²) >= 11 is 1.86. The van der Waals surface area contributed by atoms with Crippen molar-refractivity contribution in [3.05, 3.63) is 46.8 Å². The molecule has 2 aliphatic rings. The highest BCUT2D eigenvalue weighted by Crippen LogP contribution is 2.42. The summed E-state index contributed by atoms with van der Waals surface area (Å²) in [5.74, 6) is -4.25. The molecule has 3 aromatic rings. The molecule has 1 fully saturated rings. The van der Waals surface area contributed by atoms with Crippen LogP contribution < -0.4 is 0 Å². The number of nitrogens with zero attached hydrogens (tertiary/aromatic N) is 6. The number of rotatable bonds is 4. The Kier molecular flexibility index (Phi) is 10.4. The van der Waals surface area contributed by atoms with Crippen molar-refractivity contribution in [1.82, 2.24) is 29.1 Å². The molecule has 1 spiro atoms. The lowest BCUT2D eigenvalue weighted by atomic mass is 9.83. The van der Waals surface area contributed by atoms with Crippen molar-refractivity contribution in [2.45, 2.75) is 50.7 Å². The fourth-order valence-corrected chi connectivity index (χ4v) is 5.78. The highest BCUT2D eigenvalue weighted by atomic mass is 32.1. The van der Waals surface area contributed by atoms with Crippen molar-refractivity contribution in [3.63, 3.8) is 0 Å². The summed E-state index contributed by atoms with van der Waals surface area (Å²) in [7, 11) is 1.97. The van der Waals surface area contributed by atoms with Gasteiger partial charge >= 0.3 is 24.3 Å². The molecule has 0 unspecified atom stereocenters. The highest BCUT2D eigenvalue weighted by Gasteiger charge is 2.46. The van der Waals surface area contributed by atoms with Gasteiger partial charge in [0, 0.05) is 56.4 Å². The quantitative estimate of drug-likeness (QED) is 0.410. The summed E-state index contributed by atoms with van der Waals surface area (Å²) in [6, 6.07) is 4.41. The van der Waals surface area contributed by atoms with Crippen LogP contribution in [0.3, 0.4) is 0 Å². The number of likely N-dealkylation sites (tertiary alicyclic amines) is 1. The van der Waals surface area contributed by atoms with Gasteiger partial charge in [0.05, 0.1) is 23.6 Å². The van der Waals surface area contributed by atoms with Gasteiger partial charge in [-0.05, 0) is 30.8 Å². The van der Waals surface area contributed by atoms with E-state index in [2.05, 4.69) is 56.3 Å². The number of carbonyl (C=O) groups is 2. The number of imidazole rings is 1. The minimum atomic E-state index is -5.08. The molecule has 1 saturated heterocycles. The Morgan fingerprint density at radius 1 is 1.00 bits per heavy atom. The van der Waals surface area contributed by atoms with Crippen LogP contribution >= 0.6 is 11.3 Å². The van der Waals surface area contributed by atoms with E-state index in [0.717, 1.165) is 57.7 Å². The Labute approximate surface area is 240 Å². The zero-order valence-corrected chi connectivity index (χ0v) is 23.5. The van der Waals surface area contributed by atoms with Crippen molar-refractivity contribution in [2.24, 2.45) is 7.05 Å². The molecule has 2 N–H and O–H groups in total. The Balaban J connectivity index is 0.000000289. The number of hydrogen-bond donors (Lipinski definition) is 2. The number of carboxylic acid groups (broad SMARTS) is 2. The first-order valence-electron chi connectivity index (χ1n) is 12.7. The van der Waals surface area contributed by atoms with Crippen LogP contribution in [0.2, 0.25) is 0 Å². The van der Waals surface area contributed by atoms with Crippen molar-refractivity contribution >= 4 is 23.3 Å². The predicted molar refractivity (Wildman–Crippen MR) is 140 cm³/mol. The molecule has 232 valence electrons. The van der Waals surface area contributed by atoms with E-state index in [4.69, 9.17) is 24.8 Å². The molecule has 0 amide bonds. The number of carboxylic acids is 2. The van der Waals surface area contributed by atoms with E-state index in [1.165, 1.54) is 16.4 Å². The second-order valence-corrected chi connectivity index (χ2v) is 10.6. The molecule has 10 nitrogen and oxygen atoms in total. The van der Waals surface area contributed by atoms with Gasteiger partial charge in [-0.15, -0.1) is 11.3 Å². The fraction of sp³-hybridized carbons (Fsp3) is 0.520. The fourth-order valence-electron chi connectivity index (χ4n) is 5.04. The molecule has 0 atom stereocenters. The molecule has 0 radical (unpaired) electrons. The molecule has 5 rings (SSSR count). The van der Waals surface area contributed by atoms with Crippen molar-refractivity contribution < 1.29 is 46.1 Å². The zero-order chi connectivity index (χ0) is 31.3. The van der Waals surface area contributed by atoms with Crippen LogP contribution in [-0.4, -0.2) is 89.8 Å². The number of piperidine rings is 1. The normalized spacial score (nSPS) is 17.0. The van der Waals surface area contributed by atoms with Gasteiger partial charge in [-0.25, -0.2) is 14.6 Å². The third-order valence-electron chi connectivity index (χ3n) is 6.98. The zero-order valence-electron chi connectivity index (χ0n) is 22.7. The lowest BCUT2D eigenvalue weighted by Gasteiger charge is -2.50. The summed E-state index contributed by atoms with van der Waals surface area (Å²) in [6.45, 7) is 8.81. The summed E-state index contributed by atoms with van der Waals surface area (Å²) in [6.07, 6.45) is -1.77. The maximum absolute atomic E-state index is 10.6. The van der Waals surface area contributed by atoms with Crippen molar-refractivity contribution in [2.75, 3.05) is 26.2 Å². The lowest BCUT2D eigenvalue weighted by Crippen LogP contribution is -2.57. The molecular formula is C25H30F6N6O4S. The molecule has 0 saturated carbocycles. The molecule has 5 heterocycles. The van der Waals surface area contributed by atoms with Gasteiger partial charge in [0.15, 0.2) is 0 Å². The van der Waals surface area contributed by atoms with E-state index >= 15 is 0 Å². The van der Waals surface area contributed by atoms with Crippen LogP contribution in [0.1, 0.15) is 30.5 Å². The summed E-state index contributed by atoms with van der Waals surface area (Å²) in [5.41, 5.74) is 2.44. The number of aromatic nitrogens is 4. The van der Waals surface area contributed by atoms with E-state index < -0.39 is 24.3 Å². The lowest BCUT2D eigenvalue weighted by molar-refractivity contribution is -0.193. The maximum Gasteiger partial charge on any atom is 0.490 e. The van der Waals surface area contributed by atoms with E-state index in [1.54, 1.807) is 0 Å². The average molecular weight is 625 g/mol. The molecule has 0 aromatic carbocycles. The number of aliphatic carboxylic acids is 2. The molecule has 0 aliphatic carbocycles. The smallest absolute Gasteiger partial charge is 0.475 e. The topological polar surface area (TPSA) is 117 Å². The number of fused-ring (bicyclic) bond motifs is 2. The monoisotopic (exact) mass is 624 g/mol. The van der Waals surface area contributed by atoms with Gasteiger partial charge in [0.2, 0.25) is 0 Å². The van der Waals surface area contributed by atoms with Gasteiger partial charge in [-0.1, -0.05) is 13.0 Å². The molecule has 0 bridgehead atoms. The van der Waals surface area contributed by atoms with Crippen LogP contribution in [-0.2, 0) is 35.3 Å². The Morgan fingerprint density at radius 3 is 2.05 bits per heavy atom. The van der Waals surface area contributed by atoms with Gasteiger partial charge in [-0.2, -0.15) is 31.4 Å². The number of hydrogen-bond acceptors (Lipinski definition) is 7. The first-order valence-corrected chi connectivity index (χ1v) is 13.6. The minimum absolute atomic E-state index is 0.0689. The predicted octanol–water partition coefficient (Wildman–Crippen LogP) is 4.44. The molecule has 3 aromatic heterocycles. The average Bonchev–Trinajstić information content (AvgIpc) is 3.67. The van der Waals surface area contributed by atoms with Crippen LogP contribution in [0.15, 0.2) is 36.1 Å². The van der Waals surface area contributed by atoms with Gasteiger partial charge in [-0.3, -0.25) is 14.5 Å². The third kappa shape index (κ3) is 7.89. The van der Waals surface area contributed by atoms with Crippen LogP contribution in [0, 0.1) is 0 Å². The highest BCUT2D eigenvalue weighted by molar-refractivity contribution is 7.09. The van der Waals surface area contributed by atoms with Crippen LogP contribution in [0.4, 0.5) is 26.3 Å². The molecular weight excluding hydrogens is 594 g/mol. The Hall–Kier alpha value is -3.44. The van der Waals surface area contributed by atoms with Gasteiger partial charge < -0.3 is 14.8 Å². The molecule has 17 heteroatoms. The van der Waals surface area contributed by atoms with Crippen molar-refractivity contribution in [3.8, 4) is 11.3 Å². The summed E-state index contributed by atoms with van der Waals surface area (Å²) in [4.78, 5) is 29.5. The van der Waals surface area contributed by atoms with E-state index in [1.807, 2.05) is 29.3 Å². The number of thiophene rings is 1. The summed E-state index contributed by atoms with van der Waals surface area (Å²) < 4.78 is 67.8. The number of likely N-dealkylation sites (N-methyl/N-ethyl adjacent to an activating group) is 1. The maximum atomic E-state index is 10.6.